The van der Waals surface area contributed by atoms with Gasteiger partial charge in [-0.15, -0.1) is 0 Å². The van der Waals surface area contributed by atoms with Crippen LogP contribution in [0.2, 0.25) is 0 Å². The lowest BCUT2D eigenvalue weighted by atomic mass is 9.81. The molecule has 0 spiro atoms. The number of nitrogens with one attached hydrogen (secondary N) is 1. The summed E-state index contributed by atoms with van der Waals surface area (Å²) >= 11 is 0. The summed E-state index contributed by atoms with van der Waals surface area (Å²) in [6.45, 7) is 0.545. The Hall–Kier alpha value is -3.84. The topological polar surface area (TPSA) is 89.6 Å². The molecule has 168 valence electrons. The van der Waals surface area contributed by atoms with Crippen LogP contribution < -0.4 is 19.7 Å². The molecule has 7 heteroatoms. The lowest BCUT2D eigenvalue weighted by molar-refractivity contribution is 0.278. The minimum atomic E-state index is -0.295. The first kappa shape index (κ1) is 21.0. The van der Waals surface area contributed by atoms with Gasteiger partial charge in [-0.2, -0.15) is 0 Å². The van der Waals surface area contributed by atoms with Crippen molar-refractivity contribution in [2.45, 2.75) is 18.9 Å². The molecule has 1 aliphatic rings. The van der Waals surface area contributed by atoms with Crippen LogP contribution in [0.4, 0.5) is 0 Å². The van der Waals surface area contributed by atoms with E-state index in [9.17, 15) is 5.11 Å². The number of hydrogen-bond acceptors (Lipinski definition) is 6. The zero-order valence-electron chi connectivity index (χ0n) is 18.5. The second kappa shape index (κ2) is 8.60. The van der Waals surface area contributed by atoms with Crippen molar-refractivity contribution in [3.8, 4) is 23.1 Å². The number of aliphatic hydroxyl groups excluding tert-OH is 1. The van der Waals surface area contributed by atoms with Crippen LogP contribution in [0.15, 0.2) is 60.9 Å². The molecule has 1 aromatic heterocycles. The molecular formula is C26H25N3O4. The maximum atomic E-state index is 9.30. The van der Waals surface area contributed by atoms with Crippen molar-refractivity contribution in [3.05, 3.63) is 83.1 Å². The minimum absolute atomic E-state index is 0.0482. The first-order valence-electron chi connectivity index (χ1n) is 10.8. The lowest BCUT2D eigenvalue weighted by Crippen LogP contribution is -2.30. The van der Waals surface area contributed by atoms with Gasteiger partial charge in [-0.3, -0.25) is 5.41 Å². The van der Waals surface area contributed by atoms with Crippen LogP contribution in [-0.2, 0) is 6.54 Å². The molecule has 33 heavy (non-hydrogen) atoms. The van der Waals surface area contributed by atoms with Crippen molar-refractivity contribution in [1.82, 2.24) is 9.55 Å². The van der Waals surface area contributed by atoms with Crippen LogP contribution in [-0.4, -0.2) is 35.5 Å². The highest BCUT2D eigenvalue weighted by atomic mass is 16.5. The Labute approximate surface area is 191 Å². The second-order valence-electron chi connectivity index (χ2n) is 7.93. The van der Waals surface area contributed by atoms with Crippen LogP contribution in [0.1, 0.15) is 29.0 Å². The molecule has 0 unspecified atom stereocenters. The van der Waals surface area contributed by atoms with Crippen LogP contribution >= 0.6 is 0 Å². The van der Waals surface area contributed by atoms with Crippen LogP contribution in [0, 0.1) is 5.41 Å². The number of methoxy groups -OCH3 is 2. The van der Waals surface area contributed by atoms with Crippen molar-refractivity contribution < 1.29 is 19.3 Å². The first-order chi connectivity index (χ1) is 16.2. The number of hydrogen-bond donors (Lipinski definition) is 2. The molecule has 0 saturated carbocycles. The zero-order chi connectivity index (χ0) is 22.9. The molecule has 5 rings (SSSR count). The quantitative estimate of drug-likeness (QED) is 0.411. The molecule has 0 amide bonds. The smallest absolute Gasteiger partial charge is 0.228 e. The van der Waals surface area contributed by atoms with Gasteiger partial charge in [-0.05, 0) is 41.0 Å². The summed E-state index contributed by atoms with van der Waals surface area (Å²) in [5.41, 5.74) is 2.94. The number of rotatable bonds is 6. The molecule has 2 heterocycles. The molecule has 4 aromatic rings. The molecule has 0 aliphatic carbocycles. The highest BCUT2D eigenvalue weighted by Gasteiger charge is 2.34. The van der Waals surface area contributed by atoms with Crippen molar-refractivity contribution in [3.63, 3.8) is 0 Å². The van der Waals surface area contributed by atoms with Gasteiger partial charge >= 0.3 is 0 Å². The largest absolute Gasteiger partial charge is 0.493 e. The van der Waals surface area contributed by atoms with Crippen LogP contribution in [0.25, 0.3) is 10.8 Å². The van der Waals surface area contributed by atoms with Crippen LogP contribution in [0.3, 0.4) is 0 Å². The number of nitrogens with zero attached hydrogens (tertiary/aromatic N) is 2. The molecule has 7 nitrogen and oxygen atoms in total. The zero-order valence-corrected chi connectivity index (χ0v) is 18.5. The summed E-state index contributed by atoms with van der Waals surface area (Å²) in [6, 6.07) is 18.0. The molecule has 0 bridgehead atoms. The third-order valence-electron chi connectivity index (χ3n) is 6.10. The van der Waals surface area contributed by atoms with Crippen molar-refractivity contribution in [2.24, 2.45) is 0 Å². The van der Waals surface area contributed by atoms with Crippen molar-refractivity contribution in [2.75, 3.05) is 20.8 Å². The van der Waals surface area contributed by atoms with Gasteiger partial charge < -0.3 is 23.9 Å². The van der Waals surface area contributed by atoms with Gasteiger partial charge in [0.05, 0.1) is 19.8 Å². The van der Waals surface area contributed by atoms with E-state index < -0.39 is 0 Å². The van der Waals surface area contributed by atoms with E-state index in [1.54, 1.807) is 25.1 Å². The molecule has 0 saturated heterocycles. The Morgan fingerprint density at radius 3 is 2.64 bits per heavy atom. The van der Waals surface area contributed by atoms with E-state index in [1.807, 2.05) is 42.5 Å². The summed E-state index contributed by atoms with van der Waals surface area (Å²) in [5, 5.41) is 20.5. The average Bonchev–Trinajstić information content (AvgIpc) is 2.86. The van der Waals surface area contributed by atoms with Crippen LogP contribution in [0.5, 0.6) is 23.1 Å². The predicted molar refractivity (Wildman–Crippen MR) is 124 cm³/mol. The van der Waals surface area contributed by atoms with E-state index in [0.717, 1.165) is 27.6 Å². The molecule has 1 aliphatic heterocycles. The SMILES string of the molecule is COc1ccc([C@H]2c3c(ncn(CCCO)c3=N)Oc3ccc4ccccc4c32)cc1OC. The highest BCUT2D eigenvalue weighted by molar-refractivity contribution is 5.90. The van der Waals surface area contributed by atoms with Gasteiger partial charge in [-0.25, -0.2) is 4.98 Å². The monoisotopic (exact) mass is 443 g/mol. The third-order valence-corrected chi connectivity index (χ3v) is 6.10. The second-order valence-corrected chi connectivity index (χ2v) is 7.93. The van der Waals surface area contributed by atoms with Crippen molar-refractivity contribution in [1.29, 1.82) is 5.41 Å². The van der Waals surface area contributed by atoms with E-state index in [-0.39, 0.29) is 12.5 Å². The number of aromatic nitrogens is 2. The Kier molecular flexibility index (Phi) is 5.48. The van der Waals surface area contributed by atoms with Gasteiger partial charge in [0.1, 0.15) is 17.6 Å². The fourth-order valence-electron chi connectivity index (χ4n) is 4.53. The Bertz CT molecular complexity index is 1400. The summed E-state index contributed by atoms with van der Waals surface area (Å²) in [4.78, 5) is 4.55. The third kappa shape index (κ3) is 3.50. The normalized spacial score (nSPS) is 14.3. The van der Waals surface area contributed by atoms with E-state index >= 15 is 0 Å². The number of aliphatic hydroxyl groups is 1. The number of benzene rings is 3. The number of fused-ring (bicyclic) bond motifs is 4. The predicted octanol–water partition coefficient (Wildman–Crippen LogP) is 4.20. The molecule has 0 fully saturated rings. The lowest BCUT2D eigenvalue weighted by Gasteiger charge is -2.30. The van der Waals surface area contributed by atoms with Gasteiger partial charge in [-0.1, -0.05) is 36.4 Å². The average molecular weight is 444 g/mol. The Morgan fingerprint density at radius 2 is 1.85 bits per heavy atom. The molecular weight excluding hydrogens is 418 g/mol. The molecule has 0 radical (unpaired) electrons. The van der Waals surface area contributed by atoms with E-state index in [1.165, 1.54) is 0 Å². The van der Waals surface area contributed by atoms with E-state index in [4.69, 9.17) is 19.6 Å². The molecule has 2 N–H and O–H groups in total. The maximum Gasteiger partial charge on any atom is 0.228 e. The molecule has 3 aromatic carbocycles. The molecule has 1 atom stereocenters. The number of ether oxygens (including phenoxy) is 3. The van der Waals surface area contributed by atoms with Gasteiger partial charge in [0, 0.05) is 24.6 Å². The number of aryl methyl sites for hydroxylation is 1. The highest BCUT2D eigenvalue weighted by Crippen LogP contribution is 2.48. The van der Waals surface area contributed by atoms with Gasteiger partial charge in [0.15, 0.2) is 11.5 Å². The van der Waals surface area contributed by atoms with E-state index in [0.29, 0.717) is 41.4 Å². The Morgan fingerprint density at radius 1 is 1.03 bits per heavy atom. The first-order valence-corrected chi connectivity index (χ1v) is 10.8. The fourth-order valence-corrected chi connectivity index (χ4v) is 4.53. The minimum Gasteiger partial charge on any atom is -0.493 e. The standard InChI is InChI=1S/C26H25N3O4/c1-31-19-10-9-17(14-21(19)32-2)22-23-18-7-4-3-6-16(18)8-11-20(23)33-26-24(22)25(27)29(15-28-26)12-5-13-30/h3-4,6-11,14-15,22,27,30H,5,12-13H2,1-2H3/t22-/m1/s1. The van der Waals surface area contributed by atoms with Crippen molar-refractivity contribution >= 4 is 10.8 Å². The summed E-state index contributed by atoms with van der Waals surface area (Å²) in [7, 11) is 3.23. The van der Waals surface area contributed by atoms with E-state index in [2.05, 4.69) is 17.1 Å². The maximum absolute atomic E-state index is 9.30. The summed E-state index contributed by atoms with van der Waals surface area (Å²) in [6.07, 6.45) is 2.15. The summed E-state index contributed by atoms with van der Waals surface area (Å²) < 4.78 is 19.0. The van der Waals surface area contributed by atoms with Gasteiger partial charge in [0.25, 0.3) is 0 Å². The Balaban J connectivity index is 1.81. The fraction of sp³-hybridized carbons (Fsp3) is 0.231. The van der Waals surface area contributed by atoms with Gasteiger partial charge in [0.2, 0.25) is 5.88 Å². The summed E-state index contributed by atoms with van der Waals surface area (Å²) in [5.74, 6) is 2.11.